The molecule has 2 aromatic heterocycles. The summed E-state index contributed by atoms with van der Waals surface area (Å²) < 4.78 is 9.78. The van der Waals surface area contributed by atoms with Gasteiger partial charge < -0.3 is 9.26 Å². The fourth-order valence-corrected chi connectivity index (χ4v) is 2.85. The van der Waals surface area contributed by atoms with Gasteiger partial charge in [0.05, 0.1) is 13.3 Å². The molecular weight excluding hydrogens is 330 g/mol. The number of thiazole rings is 1. The lowest BCUT2D eigenvalue weighted by Crippen LogP contribution is -2.13. The van der Waals surface area contributed by atoms with Gasteiger partial charge in [-0.1, -0.05) is 46.8 Å². The van der Waals surface area contributed by atoms with Crippen molar-refractivity contribution in [3.8, 4) is 11.3 Å². The molecule has 0 saturated heterocycles. The van der Waals surface area contributed by atoms with Crippen LogP contribution in [0.15, 0.2) is 41.1 Å². The van der Waals surface area contributed by atoms with E-state index in [1.54, 1.807) is 6.92 Å². The molecule has 0 radical (unpaired) electrons. The van der Waals surface area contributed by atoms with Crippen LogP contribution in [0.25, 0.3) is 11.3 Å². The molecule has 0 unspecified atom stereocenters. The number of hydrogen-bond acceptors (Lipinski definition) is 7. The minimum Gasteiger partial charge on any atom is -0.465 e. The summed E-state index contributed by atoms with van der Waals surface area (Å²) in [5, 5.41) is 6.92. The van der Waals surface area contributed by atoms with Crippen LogP contribution in [0.1, 0.15) is 25.8 Å². The number of nitrogens with zero attached hydrogens (tertiary/aromatic N) is 2. The molecule has 0 fully saturated rings. The van der Waals surface area contributed by atoms with Gasteiger partial charge in [-0.25, -0.2) is 9.78 Å². The summed E-state index contributed by atoms with van der Waals surface area (Å²) >= 11 is 1.03. The zero-order valence-electron chi connectivity index (χ0n) is 12.9. The van der Waals surface area contributed by atoms with Gasteiger partial charge in [-0.2, -0.15) is 0 Å². The largest absolute Gasteiger partial charge is 0.465 e. The first-order chi connectivity index (χ1) is 11.6. The molecule has 1 amide bonds. The molecule has 2 heterocycles. The summed E-state index contributed by atoms with van der Waals surface area (Å²) in [5.74, 6) is -0.506. The number of hydrogen-bond donors (Lipinski definition) is 1. The van der Waals surface area contributed by atoms with E-state index in [0.717, 1.165) is 16.9 Å². The third-order valence-corrected chi connectivity index (χ3v) is 4.14. The van der Waals surface area contributed by atoms with E-state index in [4.69, 9.17) is 4.52 Å². The maximum Gasteiger partial charge on any atom is 0.349 e. The number of amides is 1. The summed E-state index contributed by atoms with van der Waals surface area (Å²) in [7, 11) is 1.28. The van der Waals surface area contributed by atoms with Gasteiger partial charge >= 0.3 is 5.97 Å². The van der Waals surface area contributed by atoms with E-state index in [1.807, 2.05) is 30.3 Å². The van der Waals surface area contributed by atoms with Crippen LogP contribution in [0.4, 0.5) is 5.13 Å². The first kappa shape index (κ1) is 15.9. The predicted molar refractivity (Wildman–Crippen MR) is 88.1 cm³/mol. The SMILES string of the molecule is COC(=O)c1cnc(NC(=O)c2c(-c3ccccc3)noc2C)s1. The Bertz CT molecular complexity index is 886. The summed E-state index contributed by atoms with van der Waals surface area (Å²) in [5.41, 5.74) is 1.56. The van der Waals surface area contributed by atoms with Crippen LogP contribution < -0.4 is 5.32 Å². The van der Waals surface area contributed by atoms with Crippen LogP contribution >= 0.6 is 11.3 Å². The average Bonchev–Trinajstić information content (AvgIpc) is 3.21. The highest BCUT2D eigenvalue weighted by Crippen LogP contribution is 2.27. The van der Waals surface area contributed by atoms with E-state index < -0.39 is 11.9 Å². The molecule has 8 heteroatoms. The highest BCUT2D eigenvalue weighted by molar-refractivity contribution is 7.17. The Morgan fingerprint density at radius 2 is 2.00 bits per heavy atom. The second-order valence-corrected chi connectivity index (χ2v) is 5.83. The Hall–Kier alpha value is -3.00. The Morgan fingerprint density at radius 1 is 1.25 bits per heavy atom. The number of methoxy groups -OCH3 is 1. The minimum atomic E-state index is -0.501. The van der Waals surface area contributed by atoms with Crippen molar-refractivity contribution in [1.82, 2.24) is 10.1 Å². The van der Waals surface area contributed by atoms with Gasteiger partial charge in [-0.3, -0.25) is 10.1 Å². The molecule has 122 valence electrons. The maximum atomic E-state index is 12.6. The molecular formula is C16H13N3O4S. The number of carbonyl (C=O) groups is 2. The first-order valence-corrected chi connectivity index (χ1v) is 7.79. The molecule has 0 spiro atoms. The van der Waals surface area contributed by atoms with Crippen LogP contribution in [0.2, 0.25) is 0 Å². The van der Waals surface area contributed by atoms with Gasteiger partial charge in [0.25, 0.3) is 5.91 Å². The number of aryl methyl sites for hydroxylation is 1. The van der Waals surface area contributed by atoms with Gasteiger partial charge in [0.1, 0.15) is 21.9 Å². The van der Waals surface area contributed by atoms with Crippen molar-refractivity contribution in [2.45, 2.75) is 6.92 Å². The number of esters is 1. The average molecular weight is 343 g/mol. The van der Waals surface area contributed by atoms with Crippen molar-refractivity contribution >= 4 is 28.3 Å². The Kier molecular flexibility index (Phi) is 4.39. The van der Waals surface area contributed by atoms with E-state index in [-0.39, 0.29) is 0 Å². The minimum absolute atomic E-state index is 0.292. The van der Waals surface area contributed by atoms with Gasteiger partial charge in [0.2, 0.25) is 0 Å². The molecule has 1 N–H and O–H groups in total. The summed E-state index contributed by atoms with van der Waals surface area (Å²) in [4.78, 5) is 28.3. The number of ether oxygens (including phenoxy) is 1. The zero-order valence-corrected chi connectivity index (χ0v) is 13.7. The molecule has 7 nitrogen and oxygen atoms in total. The van der Waals surface area contributed by atoms with Gasteiger partial charge in [-0.05, 0) is 6.92 Å². The zero-order chi connectivity index (χ0) is 17.1. The first-order valence-electron chi connectivity index (χ1n) is 6.97. The molecule has 24 heavy (non-hydrogen) atoms. The molecule has 0 atom stereocenters. The van der Waals surface area contributed by atoms with E-state index in [2.05, 4.69) is 20.2 Å². The molecule has 0 aliphatic carbocycles. The van der Waals surface area contributed by atoms with Crippen molar-refractivity contribution in [3.05, 3.63) is 52.7 Å². The molecule has 3 aromatic rings. The monoisotopic (exact) mass is 343 g/mol. The highest BCUT2D eigenvalue weighted by atomic mass is 32.1. The molecule has 0 bridgehead atoms. The van der Waals surface area contributed by atoms with Gasteiger partial charge in [-0.15, -0.1) is 0 Å². The molecule has 0 aliphatic rings. The number of rotatable bonds is 4. The fourth-order valence-electron chi connectivity index (χ4n) is 2.12. The number of aromatic nitrogens is 2. The van der Waals surface area contributed by atoms with Gasteiger partial charge in [0, 0.05) is 5.56 Å². The van der Waals surface area contributed by atoms with Crippen molar-refractivity contribution in [2.75, 3.05) is 12.4 Å². The number of nitrogens with one attached hydrogen (secondary N) is 1. The Balaban J connectivity index is 1.87. The summed E-state index contributed by atoms with van der Waals surface area (Å²) in [6.45, 7) is 1.66. The van der Waals surface area contributed by atoms with Crippen molar-refractivity contribution < 1.29 is 18.8 Å². The summed E-state index contributed by atoms with van der Waals surface area (Å²) in [6.07, 6.45) is 1.35. The molecule has 3 rings (SSSR count). The molecule has 1 aromatic carbocycles. The van der Waals surface area contributed by atoms with Crippen LogP contribution in [0.5, 0.6) is 0 Å². The number of anilines is 1. The third kappa shape index (κ3) is 3.04. The van der Waals surface area contributed by atoms with Crippen molar-refractivity contribution in [1.29, 1.82) is 0 Å². The van der Waals surface area contributed by atoms with Crippen molar-refractivity contribution in [2.24, 2.45) is 0 Å². The fraction of sp³-hybridized carbons (Fsp3) is 0.125. The van der Waals surface area contributed by atoms with E-state index in [1.165, 1.54) is 13.3 Å². The smallest absolute Gasteiger partial charge is 0.349 e. The van der Waals surface area contributed by atoms with E-state index >= 15 is 0 Å². The lowest BCUT2D eigenvalue weighted by atomic mass is 10.1. The second kappa shape index (κ2) is 6.63. The third-order valence-electron chi connectivity index (χ3n) is 3.25. The maximum absolute atomic E-state index is 12.6. The van der Waals surface area contributed by atoms with Crippen LogP contribution in [0.3, 0.4) is 0 Å². The molecule has 0 aliphatic heterocycles. The lowest BCUT2D eigenvalue weighted by molar-refractivity contribution is 0.0606. The van der Waals surface area contributed by atoms with Crippen LogP contribution in [-0.2, 0) is 4.74 Å². The Labute approximate surface area is 141 Å². The standard InChI is InChI=1S/C16H13N3O4S/c1-9-12(13(19-23-9)10-6-4-3-5-7-10)14(20)18-16-17-8-11(24-16)15(21)22-2/h3-8H,1-2H3,(H,17,18,20). The summed E-state index contributed by atoms with van der Waals surface area (Å²) in [6, 6.07) is 9.26. The normalized spacial score (nSPS) is 10.4. The number of benzene rings is 1. The topological polar surface area (TPSA) is 94.3 Å². The number of carbonyl (C=O) groups excluding carboxylic acids is 2. The quantitative estimate of drug-likeness (QED) is 0.731. The van der Waals surface area contributed by atoms with E-state index in [9.17, 15) is 9.59 Å². The van der Waals surface area contributed by atoms with E-state index in [0.29, 0.717) is 27.0 Å². The van der Waals surface area contributed by atoms with Crippen molar-refractivity contribution in [3.63, 3.8) is 0 Å². The predicted octanol–water partition coefficient (Wildman–Crippen LogP) is 3.15. The lowest BCUT2D eigenvalue weighted by Gasteiger charge is -2.02. The molecule has 0 saturated carbocycles. The van der Waals surface area contributed by atoms with Crippen LogP contribution in [-0.4, -0.2) is 29.1 Å². The Morgan fingerprint density at radius 3 is 2.71 bits per heavy atom. The second-order valence-electron chi connectivity index (χ2n) is 4.80. The van der Waals surface area contributed by atoms with Gasteiger partial charge in [0.15, 0.2) is 5.13 Å². The highest BCUT2D eigenvalue weighted by Gasteiger charge is 2.22. The van der Waals surface area contributed by atoms with Crippen LogP contribution in [0, 0.1) is 6.92 Å².